The predicted molar refractivity (Wildman–Crippen MR) is 67.9 cm³/mol. The van der Waals surface area contributed by atoms with Gasteiger partial charge in [-0.05, 0) is 32.0 Å². The fourth-order valence-electron chi connectivity index (χ4n) is 1.31. The number of carbonyl (C=O) groups is 3. The third kappa shape index (κ3) is 3.54. The summed E-state index contributed by atoms with van der Waals surface area (Å²) in [5.41, 5.74) is 0.243. The van der Waals surface area contributed by atoms with Gasteiger partial charge in [-0.3, -0.25) is 9.59 Å². The minimum Gasteiger partial charge on any atom is -0.506 e. The summed E-state index contributed by atoms with van der Waals surface area (Å²) in [6.07, 6.45) is 0. The number of hydrogen-bond acceptors (Lipinski definition) is 5. The molecule has 0 saturated heterocycles. The minimum atomic E-state index is -0.832. The highest BCUT2D eigenvalue weighted by Gasteiger charge is 2.19. The number of ether oxygens (including phenoxy) is 1. The third-order valence-electron chi connectivity index (χ3n) is 2.68. The molecule has 0 radical (unpaired) electrons. The first-order valence-corrected chi connectivity index (χ1v) is 5.59. The zero-order valence-corrected chi connectivity index (χ0v) is 10.9. The molecule has 1 rings (SSSR count). The molecule has 2 N–H and O–H groups in total. The smallest absolute Gasteiger partial charge is 0.337 e. The van der Waals surface area contributed by atoms with Gasteiger partial charge in [-0.25, -0.2) is 4.79 Å². The van der Waals surface area contributed by atoms with E-state index < -0.39 is 17.8 Å². The van der Waals surface area contributed by atoms with Crippen molar-refractivity contribution in [1.29, 1.82) is 0 Å². The molecule has 1 aromatic carbocycles. The van der Waals surface area contributed by atoms with Crippen LogP contribution >= 0.6 is 0 Å². The number of ketones is 1. The van der Waals surface area contributed by atoms with Gasteiger partial charge in [-0.1, -0.05) is 0 Å². The molecule has 0 heterocycles. The molecule has 0 spiro atoms. The number of benzene rings is 1. The number of esters is 1. The first kappa shape index (κ1) is 14.7. The maximum atomic E-state index is 11.7. The van der Waals surface area contributed by atoms with Crippen LogP contribution in [0.15, 0.2) is 18.2 Å². The van der Waals surface area contributed by atoms with Crippen LogP contribution in [0.5, 0.6) is 5.75 Å². The topological polar surface area (TPSA) is 92.7 Å². The number of phenols is 1. The number of hydrogen-bond donors (Lipinski definition) is 2. The molecular weight excluding hydrogens is 250 g/mol. The van der Waals surface area contributed by atoms with Crippen molar-refractivity contribution < 1.29 is 24.2 Å². The average Bonchev–Trinajstić information content (AvgIpc) is 2.39. The fraction of sp³-hybridized carbons (Fsp3) is 0.308. The van der Waals surface area contributed by atoms with E-state index in [2.05, 4.69) is 10.1 Å². The summed E-state index contributed by atoms with van der Waals surface area (Å²) >= 11 is 0. The molecule has 1 amide bonds. The van der Waals surface area contributed by atoms with Gasteiger partial charge in [-0.15, -0.1) is 0 Å². The van der Waals surface area contributed by atoms with Crippen molar-refractivity contribution in [2.24, 2.45) is 5.92 Å². The fourth-order valence-corrected chi connectivity index (χ4v) is 1.31. The number of carbonyl (C=O) groups excluding carboxylic acids is 3. The highest BCUT2D eigenvalue weighted by atomic mass is 16.5. The third-order valence-corrected chi connectivity index (χ3v) is 2.68. The molecule has 1 atom stereocenters. The molecular formula is C13H15NO5. The number of aromatic hydroxyl groups is 1. The van der Waals surface area contributed by atoms with Gasteiger partial charge in [0.05, 0.1) is 24.3 Å². The van der Waals surface area contributed by atoms with Crippen LogP contribution in [0.3, 0.4) is 0 Å². The molecule has 19 heavy (non-hydrogen) atoms. The highest BCUT2D eigenvalue weighted by molar-refractivity contribution is 6.07. The van der Waals surface area contributed by atoms with Crippen LogP contribution in [0.4, 0.5) is 5.69 Å². The quantitative estimate of drug-likeness (QED) is 0.487. The Morgan fingerprint density at radius 3 is 2.47 bits per heavy atom. The molecule has 0 aromatic heterocycles. The second-order valence-corrected chi connectivity index (χ2v) is 4.05. The first-order chi connectivity index (χ1) is 8.86. The second kappa shape index (κ2) is 5.99. The Balaban J connectivity index is 2.97. The zero-order chi connectivity index (χ0) is 14.6. The Kier molecular flexibility index (Phi) is 4.63. The van der Waals surface area contributed by atoms with E-state index in [-0.39, 0.29) is 22.8 Å². The Morgan fingerprint density at radius 2 is 1.95 bits per heavy atom. The normalized spacial score (nSPS) is 11.5. The maximum absolute atomic E-state index is 11.7. The van der Waals surface area contributed by atoms with Crippen LogP contribution in [0, 0.1) is 5.92 Å². The van der Waals surface area contributed by atoms with Gasteiger partial charge < -0.3 is 15.2 Å². The summed E-state index contributed by atoms with van der Waals surface area (Å²) in [6.45, 7) is 2.76. The van der Waals surface area contributed by atoms with E-state index in [9.17, 15) is 19.5 Å². The average molecular weight is 265 g/mol. The maximum Gasteiger partial charge on any atom is 0.337 e. The molecule has 0 saturated carbocycles. The predicted octanol–water partition coefficient (Wildman–Crippen LogP) is 1.34. The molecule has 6 nitrogen and oxygen atoms in total. The van der Waals surface area contributed by atoms with Crippen molar-refractivity contribution in [2.45, 2.75) is 13.8 Å². The monoisotopic (exact) mass is 265 g/mol. The number of nitrogens with one attached hydrogen (secondary N) is 1. The summed E-state index contributed by atoms with van der Waals surface area (Å²) in [5.74, 6) is -2.46. The lowest BCUT2D eigenvalue weighted by Crippen LogP contribution is -2.25. The molecule has 0 fully saturated rings. The molecule has 0 bridgehead atoms. The Labute approximate surface area is 110 Å². The Bertz CT molecular complexity index is 524. The summed E-state index contributed by atoms with van der Waals surface area (Å²) in [5, 5.41) is 12.0. The number of amides is 1. The van der Waals surface area contributed by atoms with Crippen LogP contribution in [0.25, 0.3) is 0 Å². The van der Waals surface area contributed by atoms with Crippen molar-refractivity contribution in [3.63, 3.8) is 0 Å². The summed E-state index contributed by atoms with van der Waals surface area (Å²) in [4.78, 5) is 34.1. The van der Waals surface area contributed by atoms with Gasteiger partial charge in [-0.2, -0.15) is 0 Å². The number of Topliss-reactive ketones (excluding diaryl/α,β-unsaturated/α-hetero) is 1. The molecule has 0 aliphatic rings. The largest absolute Gasteiger partial charge is 0.506 e. The van der Waals surface area contributed by atoms with Gasteiger partial charge in [0.1, 0.15) is 11.5 Å². The first-order valence-electron chi connectivity index (χ1n) is 5.59. The standard InChI is InChI=1S/C13H15NO5/c1-7(8(2)15)12(17)14-10-6-9(13(18)19-3)4-5-11(10)16/h4-7,16H,1-3H3,(H,14,17). The van der Waals surface area contributed by atoms with Crippen molar-refractivity contribution in [1.82, 2.24) is 0 Å². The van der Waals surface area contributed by atoms with E-state index in [0.717, 1.165) is 0 Å². The zero-order valence-electron chi connectivity index (χ0n) is 10.9. The van der Waals surface area contributed by atoms with Crippen molar-refractivity contribution >= 4 is 23.3 Å². The molecule has 1 aromatic rings. The molecule has 0 aliphatic carbocycles. The van der Waals surface area contributed by atoms with Crippen LogP contribution in [-0.4, -0.2) is 29.9 Å². The van der Waals surface area contributed by atoms with Crippen LogP contribution in [0.1, 0.15) is 24.2 Å². The Morgan fingerprint density at radius 1 is 1.32 bits per heavy atom. The molecule has 1 unspecified atom stereocenters. The van der Waals surface area contributed by atoms with E-state index in [1.54, 1.807) is 0 Å². The van der Waals surface area contributed by atoms with Crippen LogP contribution in [0.2, 0.25) is 0 Å². The van der Waals surface area contributed by atoms with Crippen molar-refractivity contribution in [2.75, 3.05) is 12.4 Å². The van der Waals surface area contributed by atoms with E-state index >= 15 is 0 Å². The number of methoxy groups -OCH3 is 1. The van der Waals surface area contributed by atoms with Gasteiger partial charge >= 0.3 is 5.97 Å². The number of anilines is 1. The lowest BCUT2D eigenvalue weighted by molar-refractivity contribution is -0.129. The van der Waals surface area contributed by atoms with E-state index in [1.807, 2.05) is 0 Å². The van der Waals surface area contributed by atoms with E-state index in [1.165, 1.54) is 39.2 Å². The summed E-state index contributed by atoms with van der Waals surface area (Å²) in [7, 11) is 1.23. The van der Waals surface area contributed by atoms with E-state index in [0.29, 0.717) is 0 Å². The molecule has 6 heteroatoms. The van der Waals surface area contributed by atoms with Crippen LogP contribution < -0.4 is 5.32 Å². The van der Waals surface area contributed by atoms with Crippen molar-refractivity contribution in [3.05, 3.63) is 23.8 Å². The van der Waals surface area contributed by atoms with Gasteiger partial charge in [0.2, 0.25) is 5.91 Å². The summed E-state index contributed by atoms with van der Waals surface area (Å²) < 4.78 is 4.53. The lowest BCUT2D eigenvalue weighted by Gasteiger charge is -2.11. The molecule has 0 aliphatic heterocycles. The lowest BCUT2D eigenvalue weighted by atomic mass is 10.1. The number of phenolic OH excluding ortho intramolecular Hbond substituents is 1. The van der Waals surface area contributed by atoms with E-state index in [4.69, 9.17) is 0 Å². The minimum absolute atomic E-state index is 0.0565. The molecule has 102 valence electrons. The van der Waals surface area contributed by atoms with Crippen molar-refractivity contribution in [3.8, 4) is 5.75 Å². The van der Waals surface area contributed by atoms with Gasteiger partial charge in [0, 0.05) is 0 Å². The van der Waals surface area contributed by atoms with Crippen LogP contribution in [-0.2, 0) is 14.3 Å². The van der Waals surface area contributed by atoms with Gasteiger partial charge in [0.15, 0.2) is 0 Å². The highest BCUT2D eigenvalue weighted by Crippen LogP contribution is 2.25. The SMILES string of the molecule is COC(=O)c1ccc(O)c(NC(=O)C(C)C(C)=O)c1. The Hall–Kier alpha value is -2.37. The summed E-state index contributed by atoms with van der Waals surface area (Å²) in [6, 6.07) is 3.91. The second-order valence-electron chi connectivity index (χ2n) is 4.05. The van der Waals surface area contributed by atoms with Gasteiger partial charge in [0.25, 0.3) is 0 Å². The number of rotatable bonds is 4.